The molecule has 9 heteroatoms. The molecule has 0 radical (unpaired) electrons. The zero-order valence-corrected chi connectivity index (χ0v) is 35.7. The van der Waals surface area contributed by atoms with Crippen LogP contribution in [0, 0.1) is 47.3 Å². The summed E-state index contributed by atoms with van der Waals surface area (Å²) in [6, 6.07) is 0.626. The Kier molecular flexibility index (Phi) is 20.6. The molecule has 2 saturated carbocycles. The van der Waals surface area contributed by atoms with Crippen LogP contribution in [0.4, 0.5) is 0 Å². The molecule has 2 fully saturated rings. The molecule has 0 amide bonds. The summed E-state index contributed by atoms with van der Waals surface area (Å²) in [5.41, 5.74) is 2.38. The molecule has 2 aliphatic rings. The molecule has 0 aliphatic heterocycles. The molecular formula is C35H68Br2N2NiO3Si. The van der Waals surface area contributed by atoms with Gasteiger partial charge < -0.3 is 13.9 Å². The number of methoxy groups -OCH3 is 2. The Morgan fingerprint density at radius 3 is 1.34 bits per heavy atom. The molecule has 0 spiro atoms. The molecular weight excluding hydrogens is 743 g/mol. The van der Waals surface area contributed by atoms with E-state index >= 15 is 0 Å². The molecule has 4 atom stereocenters. The number of rotatable bonds is 14. The summed E-state index contributed by atoms with van der Waals surface area (Å²) in [5.74, 6) is 4.36. The van der Waals surface area contributed by atoms with Crippen molar-refractivity contribution in [3.63, 3.8) is 0 Å². The molecule has 44 heavy (non-hydrogen) atoms. The molecule has 0 aromatic carbocycles. The zero-order chi connectivity index (χ0) is 33.8. The second-order valence-corrected chi connectivity index (χ2v) is 25.2. The van der Waals surface area contributed by atoms with E-state index in [9.17, 15) is 0 Å². The first-order valence-corrected chi connectivity index (χ1v) is 25.4. The van der Waals surface area contributed by atoms with Gasteiger partial charge in [0.1, 0.15) is 0 Å². The van der Waals surface area contributed by atoms with Crippen molar-refractivity contribution in [2.45, 2.75) is 145 Å². The van der Waals surface area contributed by atoms with Gasteiger partial charge >= 0.3 is 39.3 Å². The van der Waals surface area contributed by atoms with Gasteiger partial charge in [-0.05, 0) is 112 Å². The first-order chi connectivity index (χ1) is 20.5. The Morgan fingerprint density at radius 1 is 0.705 bits per heavy atom. The van der Waals surface area contributed by atoms with Crippen molar-refractivity contribution >= 4 is 48.2 Å². The fourth-order valence-electron chi connectivity index (χ4n) is 7.47. The Morgan fingerprint density at radius 2 is 1.05 bits per heavy atom. The van der Waals surface area contributed by atoms with Crippen molar-refractivity contribution in [3.05, 3.63) is 0 Å². The summed E-state index contributed by atoms with van der Waals surface area (Å²) >= 11 is 6.00. The first kappa shape index (κ1) is 42.9. The van der Waals surface area contributed by atoms with Crippen LogP contribution in [0.25, 0.3) is 0 Å². The fourth-order valence-corrected chi connectivity index (χ4v) is 8.22. The van der Waals surface area contributed by atoms with E-state index in [1.54, 1.807) is 0 Å². The summed E-state index contributed by atoms with van der Waals surface area (Å²) < 4.78 is 18.2. The third-order valence-corrected chi connectivity index (χ3v) is 11.2. The second kappa shape index (κ2) is 21.1. The predicted molar refractivity (Wildman–Crippen MR) is 198 cm³/mol. The van der Waals surface area contributed by atoms with Crippen molar-refractivity contribution in [1.29, 1.82) is 0 Å². The molecule has 4 unspecified atom stereocenters. The Labute approximate surface area is 294 Å². The van der Waals surface area contributed by atoms with Crippen molar-refractivity contribution in [2.24, 2.45) is 57.3 Å². The standard InChI is InChI=1S/C35H68N2O3Si.2BrH.Ni/c1-22(2)29-18-27(38-10)19-30(23(3)4)34(29)36-26(9)33(16-15-17-40-41(12,13)14)37-35-31(24(5)6)20-28(39-11)21-32(35)25(7)8;;;/h22-25,27-32,34-35H,15-21H2,1-14H3;2*1H;/q;;;+2/p-2. The van der Waals surface area contributed by atoms with E-state index in [0.717, 1.165) is 50.8 Å². The molecule has 264 valence electrons. The normalized spacial score (nSPS) is 30.8. The van der Waals surface area contributed by atoms with Crippen LogP contribution in [-0.2, 0) is 24.8 Å². The van der Waals surface area contributed by atoms with Gasteiger partial charge in [0.05, 0.1) is 35.7 Å². The molecule has 5 nitrogen and oxygen atoms in total. The maximum atomic E-state index is 6.28. The predicted octanol–water partition coefficient (Wildman–Crippen LogP) is 10.7. The van der Waals surface area contributed by atoms with Gasteiger partial charge in [-0.3, -0.25) is 9.98 Å². The van der Waals surface area contributed by atoms with E-state index in [4.69, 9.17) is 23.9 Å². The third-order valence-electron chi connectivity index (χ3n) is 10.1. The van der Waals surface area contributed by atoms with E-state index in [0.29, 0.717) is 71.6 Å². The second-order valence-electron chi connectivity index (χ2n) is 15.7. The minimum absolute atomic E-state index is 0.311. The van der Waals surface area contributed by atoms with Gasteiger partial charge in [-0.15, -0.1) is 0 Å². The summed E-state index contributed by atoms with van der Waals surface area (Å²) in [5, 5.41) is 0. The van der Waals surface area contributed by atoms with Crippen LogP contribution in [-0.4, -0.2) is 64.9 Å². The van der Waals surface area contributed by atoms with E-state index < -0.39 is 8.32 Å². The van der Waals surface area contributed by atoms with Crippen molar-refractivity contribution in [3.8, 4) is 0 Å². The van der Waals surface area contributed by atoms with Gasteiger partial charge in [-0.2, -0.15) is 0 Å². The van der Waals surface area contributed by atoms with Crippen LogP contribution in [0.5, 0.6) is 0 Å². The van der Waals surface area contributed by atoms with Crippen LogP contribution in [0.1, 0.15) is 101 Å². The topological polar surface area (TPSA) is 52.4 Å². The molecule has 2 aliphatic carbocycles. The number of hydrogen-bond acceptors (Lipinski definition) is 5. The Bertz CT molecular complexity index is 829. The summed E-state index contributed by atoms with van der Waals surface area (Å²) in [6.45, 7) is 28.9. The van der Waals surface area contributed by atoms with Crippen LogP contribution in [0.2, 0.25) is 19.6 Å². The van der Waals surface area contributed by atoms with E-state index in [1.807, 2.05) is 14.2 Å². The number of hydrogen-bond donors (Lipinski definition) is 0. The Hall–Kier alpha value is 0.890. The molecule has 0 saturated heterocycles. The van der Waals surface area contributed by atoms with Gasteiger partial charge in [0, 0.05) is 20.8 Å². The zero-order valence-electron chi connectivity index (χ0n) is 30.6. The van der Waals surface area contributed by atoms with Crippen molar-refractivity contribution < 1.29 is 24.8 Å². The quantitative estimate of drug-likeness (QED) is 0.0998. The van der Waals surface area contributed by atoms with E-state index in [2.05, 4.69) is 110 Å². The van der Waals surface area contributed by atoms with Crippen molar-refractivity contribution in [1.82, 2.24) is 0 Å². The van der Waals surface area contributed by atoms with Gasteiger partial charge in [0.2, 0.25) is 0 Å². The van der Waals surface area contributed by atoms with Crippen LogP contribution < -0.4 is 0 Å². The number of aliphatic imine (C=N–C) groups is 2. The maximum absolute atomic E-state index is 6.28. The fraction of sp³-hybridized carbons (Fsp3) is 0.943. The molecule has 0 bridgehead atoms. The van der Waals surface area contributed by atoms with Gasteiger partial charge in [-0.1, -0.05) is 55.4 Å². The summed E-state index contributed by atoms with van der Waals surface area (Å²) in [4.78, 5) is 11.4. The first-order valence-electron chi connectivity index (χ1n) is 17.1. The Balaban J connectivity index is 0.00000309. The molecule has 0 heterocycles. The third kappa shape index (κ3) is 14.2. The van der Waals surface area contributed by atoms with Gasteiger partial charge in [0.15, 0.2) is 8.32 Å². The van der Waals surface area contributed by atoms with Crippen LogP contribution in [0.15, 0.2) is 9.98 Å². The van der Waals surface area contributed by atoms with Crippen molar-refractivity contribution in [2.75, 3.05) is 20.8 Å². The SMILES string of the molecule is COC1CC(C(C)C)C(N=C(C)C(CCCO[Si](C)(C)C)=NC2C(C(C)C)CC(OC)CC2C(C)C)C(C(C)C)C1.[Br][Ni][Br]. The average Bonchev–Trinajstić information content (AvgIpc) is 2.93. The van der Waals surface area contributed by atoms with Gasteiger partial charge in [-0.25, -0.2) is 0 Å². The van der Waals surface area contributed by atoms with E-state index in [-0.39, 0.29) is 0 Å². The summed E-state index contributed by atoms with van der Waals surface area (Å²) in [6.07, 6.45) is 7.00. The van der Waals surface area contributed by atoms with Gasteiger partial charge in [0.25, 0.3) is 0 Å². The minimum atomic E-state index is -1.55. The van der Waals surface area contributed by atoms with Crippen LogP contribution >= 0.6 is 28.5 Å². The monoisotopic (exact) mass is 808 g/mol. The van der Waals surface area contributed by atoms with E-state index in [1.165, 1.54) is 16.6 Å². The summed E-state index contributed by atoms with van der Waals surface area (Å²) in [7, 11) is 3.48. The van der Waals surface area contributed by atoms with Crippen LogP contribution in [0.3, 0.4) is 0 Å². The number of ether oxygens (including phenoxy) is 2. The molecule has 0 N–H and O–H groups in total. The molecule has 2 rings (SSSR count). The number of nitrogens with zero attached hydrogens (tertiary/aromatic N) is 2. The number of halogens is 2. The molecule has 0 aromatic rings. The molecule has 0 aromatic heterocycles. The average molecular weight is 812 g/mol.